The van der Waals surface area contributed by atoms with Crippen LogP contribution in [-0.4, -0.2) is 30.9 Å². The maximum absolute atomic E-state index is 12.6. The number of hydrogen-bond donors (Lipinski definition) is 0. The van der Waals surface area contributed by atoms with Crippen LogP contribution >= 0.6 is 11.3 Å². The minimum atomic E-state index is -3.32. The van der Waals surface area contributed by atoms with Crippen LogP contribution in [0.3, 0.4) is 0 Å². The van der Waals surface area contributed by atoms with Crippen LogP contribution in [0.1, 0.15) is 41.0 Å². The molecular formula is C20H20N2O4S2. The van der Waals surface area contributed by atoms with E-state index in [-0.39, 0.29) is 10.7 Å². The van der Waals surface area contributed by atoms with Crippen molar-refractivity contribution in [3.05, 3.63) is 58.4 Å². The van der Waals surface area contributed by atoms with Gasteiger partial charge in [0.2, 0.25) is 0 Å². The summed E-state index contributed by atoms with van der Waals surface area (Å²) in [7, 11) is -3.32. The first-order valence-corrected chi connectivity index (χ1v) is 11.4. The molecular weight excluding hydrogens is 396 g/mol. The van der Waals surface area contributed by atoms with Crippen molar-refractivity contribution < 1.29 is 18.0 Å². The van der Waals surface area contributed by atoms with Crippen molar-refractivity contribution >= 4 is 43.1 Å². The first kappa shape index (κ1) is 20.2. The van der Waals surface area contributed by atoms with Gasteiger partial charge in [0.15, 0.2) is 20.4 Å². The second kappa shape index (κ2) is 7.81. The summed E-state index contributed by atoms with van der Waals surface area (Å²) in [5.74, 6) is -0.474. The lowest BCUT2D eigenvalue weighted by atomic mass is 10.1. The number of Topliss-reactive ketones (excluding diaryl/α,β-unsaturated/α-hetero) is 1. The molecule has 0 bridgehead atoms. The molecule has 0 aliphatic rings. The van der Waals surface area contributed by atoms with Gasteiger partial charge in [-0.2, -0.15) is 4.99 Å². The largest absolute Gasteiger partial charge is 0.316 e. The van der Waals surface area contributed by atoms with Crippen LogP contribution in [0, 0.1) is 0 Å². The molecule has 1 heterocycles. The van der Waals surface area contributed by atoms with Gasteiger partial charge in [-0.05, 0) is 43.7 Å². The van der Waals surface area contributed by atoms with Crippen LogP contribution < -0.4 is 4.80 Å². The number of hydrogen-bond acceptors (Lipinski definition) is 5. The zero-order valence-electron chi connectivity index (χ0n) is 15.8. The summed E-state index contributed by atoms with van der Waals surface area (Å²) >= 11 is 1.28. The molecule has 0 radical (unpaired) electrons. The maximum Gasteiger partial charge on any atom is 0.279 e. The topological polar surface area (TPSA) is 85.6 Å². The molecule has 28 heavy (non-hydrogen) atoms. The van der Waals surface area contributed by atoms with Crippen LogP contribution in [0.15, 0.2) is 52.4 Å². The lowest BCUT2D eigenvalue weighted by Gasteiger charge is -2.03. The summed E-state index contributed by atoms with van der Waals surface area (Å²) in [4.78, 5) is 29.0. The molecule has 0 atom stereocenters. The minimum absolute atomic E-state index is 0.0667. The fourth-order valence-corrected chi connectivity index (χ4v) is 4.62. The number of carbonyl (C=O) groups is 2. The summed E-state index contributed by atoms with van der Waals surface area (Å²) in [6.45, 7) is 4.15. The number of ketones is 1. The second-order valence-corrected chi connectivity index (χ2v) is 9.51. The molecule has 8 heteroatoms. The lowest BCUT2D eigenvalue weighted by molar-refractivity contribution is 0.0991. The Kier molecular flexibility index (Phi) is 5.62. The highest BCUT2D eigenvalue weighted by atomic mass is 32.2. The zero-order chi connectivity index (χ0) is 20.5. The van der Waals surface area contributed by atoms with Gasteiger partial charge in [0.1, 0.15) is 0 Å². The van der Waals surface area contributed by atoms with E-state index in [1.165, 1.54) is 24.5 Å². The molecule has 0 aliphatic carbocycles. The van der Waals surface area contributed by atoms with E-state index in [2.05, 4.69) is 4.99 Å². The molecule has 6 nitrogen and oxygen atoms in total. The molecule has 0 fully saturated rings. The number of nitrogens with zero attached hydrogens (tertiary/aromatic N) is 2. The predicted octanol–water partition coefficient (Wildman–Crippen LogP) is 3.46. The van der Waals surface area contributed by atoms with Gasteiger partial charge in [-0.25, -0.2) is 8.42 Å². The SMILES string of the molecule is CCCn1c(=NC(=O)c2ccc(C(C)=O)cc2)sc2cc(S(C)(=O)=O)ccc21. The van der Waals surface area contributed by atoms with Crippen molar-refractivity contribution in [1.82, 2.24) is 4.57 Å². The molecule has 0 spiro atoms. The van der Waals surface area contributed by atoms with E-state index in [4.69, 9.17) is 0 Å². The smallest absolute Gasteiger partial charge is 0.279 e. The van der Waals surface area contributed by atoms with Crippen LogP contribution in [0.4, 0.5) is 0 Å². The van der Waals surface area contributed by atoms with Gasteiger partial charge < -0.3 is 4.57 Å². The summed E-state index contributed by atoms with van der Waals surface area (Å²) in [6.07, 6.45) is 2.01. The van der Waals surface area contributed by atoms with E-state index in [1.54, 1.807) is 42.5 Å². The Labute approximate surface area is 167 Å². The van der Waals surface area contributed by atoms with Crippen molar-refractivity contribution in [2.45, 2.75) is 31.7 Å². The molecule has 3 rings (SSSR count). The van der Waals surface area contributed by atoms with E-state index >= 15 is 0 Å². The van der Waals surface area contributed by atoms with E-state index in [9.17, 15) is 18.0 Å². The van der Waals surface area contributed by atoms with Crippen molar-refractivity contribution in [1.29, 1.82) is 0 Å². The number of aromatic nitrogens is 1. The van der Waals surface area contributed by atoms with Crippen LogP contribution in [0.25, 0.3) is 10.2 Å². The highest BCUT2D eigenvalue weighted by Crippen LogP contribution is 2.22. The van der Waals surface area contributed by atoms with Gasteiger partial charge >= 0.3 is 0 Å². The zero-order valence-corrected chi connectivity index (χ0v) is 17.4. The van der Waals surface area contributed by atoms with E-state index in [1.807, 2.05) is 11.5 Å². The van der Waals surface area contributed by atoms with Gasteiger partial charge in [0, 0.05) is 23.9 Å². The molecule has 0 saturated carbocycles. The maximum atomic E-state index is 12.6. The van der Waals surface area contributed by atoms with Crippen molar-refractivity contribution in [2.75, 3.05) is 6.26 Å². The van der Waals surface area contributed by atoms with E-state index in [0.717, 1.165) is 16.6 Å². The number of thiazole rings is 1. The van der Waals surface area contributed by atoms with Gasteiger partial charge in [-0.1, -0.05) is 30.4 Å². The number of sulfone groups is 1. The monoisotopic (exact) mass is 416 g/mol. The second-order valence-electron chi connectivity index (χ2n) is 6.49. The quantitative estimate of drug-likeness (QED) is 0.596. The molecule has 3 aromatic rings. The van der Waals surface area contributed by atoms with Crippen LogP contribution in [-0.2, 0) is 16.4 Å². The number of carbonyl (C=O) groups excluding carboxylic acids is 2. The third kappa shape index (κ3) is 4.13. The van der Waals surface area contributed by atoms with Gasteiger partial charge in [0.25, 0.3) is 5.91 Å². The van der Waals surface area contributed by atoms with E-state index in [0.29, 0.717) is 22.5 Å². The van der Waals surface area contributed by atoms with Crippen molar-refractivity contribution in [3.63, 3.8) is 0 Å². The van der Waals surface area contributed by atoms with E-state index < -0.39 is 15.7 Å². The fourth-order valence-electron chi connectivity index (χ4n) is 2.81. The first-order chi connectivity index (χ1) is 13.2. The number of aryl methyl sites for hydroxylation is 1. The Balaban J connectivity index is 2.10. The van der Waals surface area contributed by atoms with Crippen molar-refractivity contribution in [3.8, 4) is 0 Å². The molecule has 0 saturated heterocycles. The molecule has 1 aromatic heterocycles. The number of benzene rings is 2. The number of fused-ring (bicyclic) bond motifs is 1. The molecule has 2 aromatic carbocycles. The molecule has 0 N–H and O–H groups in total. The normalized spacial score (nSPS) is 12.5. The minimum Gasteiger partial charge on any atom is -0.316 e. The number of rotatable bonds is 5. The Bertz CT molecular complexity index is 1230. The third-order valence-corrected chi connectivity index (χ3v) is 6.42. The van der Waals surface area contributed by atoms with Crippen LogP contribution in [0.2, 0.25) is 0 Å². The third-order valence-electron chi connectivity index (χ3n) is 4.27. The first-order valence-electron chi connectivity index (χ1n) is 8.74. The molecule has 0 aliphatic heterocycles. The van der Waals surface area contributed by atoms with Crippen molar-refractivity contribution in [2.24, 2.45) is 4.99 Å². The summed E-state index contributed by atoms with van der Waals surface area (Å²) in [5.41, 5.74) is 1.77. The highest BCUT2D eigenvalue weighted by Gasteiger charge is 2.13. The Morgan fingerprint density at radius 2 is 1.71 bits per heavy atom. The van der Waals surface area contributed by atoms with Crippen LogP contribution in [0.5, 0.6) is 0 Å². The molecule has 1 amide bonds. The average Bonchev–Trinajstić information content (AvgIpc) is 2.98. The molecule has 146 valence electrons. The standard InChI is InChI=1S/C20H20N2O4S2/c1-4-11-22-17-10-9-16(28(3,25)26)12-18(17)27-20(22)21-19(24)15-7-5-14(6-8-15)13(2)23/h5-10,12H,4,11H2,1-3H3. The average molecular weight is 417 g/mol. The van der Waals surface area contributed by atoms with Gasteiger partial charge in [-0.3, -0.25) is 9.59 Å². The Morgan fingerprint density at radius 1 is 1.07 bits per heavy atom. The fraction of sp³-hybridized carbons (Fsp3) is 0.250. The van der Waals surface area contributed by atoms with Gasteiger partial charge in [0.05, 0.1) is 15.1 Å². The van der Waals surface area contributed by atoms with Gasteiger partial charge in [-0.15, -0.1) is 0 Å². The Hall–Kier alpha value is -2.58. The highest BCUT2D eigenvalue weighted by molar-refractivity contribution is 7.90. The Morgan fingerprint density at radius 3 is 2.29 bits per heavy atom. The predicted molar refractivity (Wildman–Crippen MR) is 110 cm³/mol. The summed E-state index contributed by atoms with van der Waals surface area (Å²) in [6, 6.07) is 11.3. The molecule has 0 unspecified atom stereocenters. The summed E-state index contributed by atoms with van der Waals surface area (Å²) in [5, 5.41) is 0. The lowest BCUT2D eigenvalue weighted by Crippen LogP contribution is -2.16. The summed E-state index contributed by atoms with van der Waals surface area (Å²) < 4.78 is 26.3. The number of amides is 1.